The van der Waals surface area contributed by atoms with Gasteiger partial charge in [0.15, 0.2) is 0 Å². The van der Waals surface area contributed by atoms with Gasteiger partial charge in [0.1, 0.15) is 5.75 Å². The Hall–Kier alpha value is -1.06. The van der Waals surface area contributed by atoms with Gasteiger partial charge in [0.05, 0.1) is 13.2 Å². The van der Waals surface area contributed by atoms with E-state index in [1.54, 1.807) is 7.11 Å². The Kier molecular flexibility index (Phi) is 4.83. The number of aliphatic hydroxyl groups is 1. The topological polar surface area (TPSA) is 41.5 Å². The second-order valence-electron chi connectivity index (χ2n) is 5.83. The van der Waals surface area contributed by atoms with E-state index < -0.39 is 0 Å². The first-order valence-corrected chi connectivity index (χ1v) is 7.16. The van der Waals surface area contributed by atoms with Gasteiger partial charge in [-0.25, -0.2) is 0 Å². The molecule has 0 bridgehead atoms. The molecule has 1 aromatic rings. The van der Waals surface area contributed by atoms with Crippen molar-refractivity contribution in [1.29, 1.82) is 0 Å². The van der Waals surface area contributed by atoms with Crippen LogP contribution in [-0.2, 0) is 0 Å². The lowest BCUT2D eigenvalue weighted by molar-refractivity contribution is 0.112. The number of ether oxygens (including phenoxy) is 1. The van der Waals surface area contributed by atoms with Crippen molar-refractivity contribution >= 4 is 0 Å². The maximum absolute atomic E-state index is 9.78. The summed E-state index contributed by atoms with van der Waals surface area (Å²) in [7, 11) is 1.73. The average molecular weight is 263 g/mol. The zero-order valence-electron chi connectivity index (χ0n) is 12.1. The number of hydrogen-bond donors (Lipinski definition) is 2. The highest BCUT2D eigenvalue weighted by Crippen LogP contribution is 2.40. The van der Waals surface area contributed by atoms with Crippen molar-refractivity contribution in [2.24, 2.45) is 5.92 Å². The number of benzene rings is 1. The van der Waals surface area contributed by atoms with Crippen LogP contribution in [0.4, 0.5) is 0 Å². The molecule has 1 fully saturated rings. The highest BCUT2D eigenvalue weighted by molar-refractivity contribution is 5.37. The second kappa shape index (κ2) is 6.40. The Balaban J connectivity index is 1.80. The molecule has 1 unspecified atom stereocenters. The maximum Gasteiger partial charge on any atom is 0.122 e. The van der Waals surface area contributed by atoms with Crippen molar-refractivity contribution in [3.05, 3.63) is 29.8 Å². The summed E-state index contributed by atoms with van der Waals surface area (Å²) in [6.45, 7) is 4.79. The van der Waals surface area contributed by atoms with Gasteiger partial charge in [-0.15, -0.1) is 0 Å². The Morgan fingerprint density at radius 3 is 2.63 bits per heavy atom. The van der Waals surface area contributed by atoms with Crippen molar-refractivity contribution < 1.29 is 9.84 Å². The third kappa shape index (κ3) is 3.48. The summed E-state index contributed by atoms with van der Waals surface area (Å²) in [4.78, 5) is 0. The third-order valence-corrected chi connectivity index (χ3v) is 4.10. The maximum atomic E-state index is 9.78. The smallest absolute Gasteiger partial charge is 0.122 e. The Morgan fingerprint density at radius 1 is 1.32 bits per heavy atom. The van der Waals surface area contributed by atoms with Crippen molar-refractivity contribution in [3.63, 3.8) is 0 Å². The first-order chi connectivity index (χ1) is 9.11. The molecule has 1 aromatic carbocycles. The summed E-state index contributed by atoms with van der Waals surface area (Å²) in [5.74, 6) is 1.90. The molecule has 0 spiro atoms. The molecule has 1 aliphatic rings. The van der Waals surface area contributed by atoms with Crippen LogP contribution in [0.5, 0.6) is 5.75 Å². The molecule has 1 atom stereocenters. The van der Waals surface area contributed by atoms with Crippen molar-refractivity contribution in [2.75, 3.05) is 13.7 Å². The molecule has 0 radical (unpaired) electrons. The normalized spacial score (nSPS) is 24.1. The lowest BCUT2D eigenvalue weighted by Crippen LogP contribution is -2.44. The predicted octanol–water partition coefficient (Wildman–Crippen LogP) is 2.55. The summed E-state index contributed by atoms with van der Waals surface area (Å²) in [6, 6.07) is 8.79. The number of rotatable bonds is 6. The van der Waals surface area contributed by atoms with Gasteiger partial charge >= 0.3 is 0 Å². The van der Waals surface area contributed by atoms with Gasteiger partial charge in [-0.05, 0) is 36.3 Å². The molecular formula is C16H25NO2. The molecule has 0 amide bonds. The van der Waals surface area contributed by atoms with Crippen LogP contribution >= 0.6 is 0 Å². The van der Waals surface area contributed by atoms with Crippen LogP contribution in [0, 0.1) is 5.92 Å². The lowest BCUT2D eigenvalue weighted by atomic mass is 9.75. The number of methoxy groups -OCH3 is 1. The minimum Gasteiger partial charge on any atom is -0.496 e. The number of para-hydroxylation sites is 1. The zero-order valence-corrected chi connectivity index (χ0v) is 12.1. The van der Waals surface area contributed by atoms with Gasteiger partial charge in [0, 0.05) is 12.6 Å². The number of nitrogens with one attached hydrogen (secondary N) is 1. The lowest BCUT2D eigenvalue weighted by Gasteiger charge is -2.37. The van der Waals surface area contributed by atoms with Crippen molar-refractivity contribution in [3.8, 4) is 5.75 Å². The van der Waals surface area contributed by atoms with E-state index >= 15 is 0 Å². The monoisotopic (exact) mass is 263 g/mol. The summed E-state index contributed by atoms with van der Waals surface area (Å²) >= 11 is 0. The molecule has 2 rings (SSSR count). The van der Waals surface area contributed by atoms with E-state index in [2.05, 4.69) is 17.4 Å². The van der Waals surface area contributed by atoms with Crippen LogP contribution in [-0.4, -0.2) is 30.9 Å². The number of hydrogen-bond acceptors (Lipinski definition) is 3. The van der Waals surface area contributed by atoms with Crippen LogP contribution in [0.3, 0.4) is 0 Å². The van der Waals surface area contributed by atoms with Crippen LogP contribution in [0.25, 0.3) is 0 Å². The van der Waals surface area contributed by atoms with Crippen molar-refractivity contribution in [2.45, 2.75) is 44.8 Å². The van der Waals surface area contributed by atoms with E-state index in [9.17, 15) is 5.11 Å². The summed E-state index contributed by atoms with van der Waals surface area (Å²) in [5.41, 5.74) is 1.31. The fourth-order valence-corrected chi connectivity index (χ4v) is 2.57. The van der Waals surface area contributed by atoms with E-state index in [0.29, 0.717) is 24.4 Å². The van der Waals surface area contributed by atoms with Gasteiger partial charge in [0.2, 0.25) is 0 Å². The first-order valence-electron chi connectivity index (χ1n) is 7.16. The van der Waals surface area contributed by atoms with Crippen LogP contribution < -0.4 is 10.1 Å². The fourth-order valence-electron chi connectivity index (χ4n) is 2.57. The van der Waals surface area contributed by atoms with Gasteiger partial charge in [-0.1, -0.05) is 32.0 Å². The highest BCUT2D eigenvalue weighted by atomic mass is 16.5. The molecule has 3 nitrogen and oxygen atoms in total. The molecule has 0 aromatic heterocycles. The fraction of sp³-hybridized carbons (Fsp3) is 0.625. The first kappa shape index (κ1) is 14.4. The Labute approximate surface area is 116 Å². The average Bonchev–Trinajstić information content (AvgIpc) is 2.36. The van der Waals surface area contributed by atoms with Gasteiger partial charge < -0.3 is 15.2 Å². The van der Waals surface area contributed by atoms with Crippen molar-refractivity contribution in [1.82, 2.24) is 5.32 Å². The number of aliphatic hydroxyl groups excluding tert-OH is 1. The predicted molar refractivity (Wildman–Crippen MR) is 77.6 cm³/mol. The van der Waals surface area contributed by atoms with E-state index in [1.165, 1.54) is 5.56 Å². The van der Waals surface area contributed by atoms with Gasteiger partial charge in [-0.2, -0.15) is 0 Å². The Bertz CT molecular complexity index is 399. The molecule has 1 saturated carbocycles. The van der Waals surface area contributed by atoms with Crippen LogP contribution in [0.2, 0.25) is 0 Å². The van der Waals surface area contributed by atoms with Crippen LogP contribution in [0.15, 0.2) is 24.3 Å². The van der Waals surface area contributed by atoms with Gasteiger partial charge in [0.25, 0.3) is 0 Å². The molecule has 19 heavy (non-hydrogen) atoms. The quantitative estimate of drug-likeness (QED) is 0.829. The van der Waals surface area contributed by atoms with E-state index in [-0.39, 0.29) is 6.10 Å². The van der Waals surface area contributed by atoms with E-state index in [4.69, 9.17) is 4.74 Å². The SMILES string of the molecule is COc1ccccc1C1CC(NCC(O)C(C)C)C1. The highest BCUT2D eigenvalue weighted by Gasteiger charge is 2.32. The molecule has 3 heteroatoms. The van der Waals surface area contributed by atoms with E-state index in [0.717, 1.165) is 18.6 Å². The standard InChI is InChI=1S/C16H25NO2/c1-11(2)15(18)10-17-13-8-12(9-13)14-6-4-5-7-16(14)19-3/h4-7,11-13,15,17-18H,8-10H2,1-3H3. The van der Waals surface area contributed by atoms with Crippen LogP contribution in [0.1, 0.15) is 38.2 Å². The molecule has 2 N–H and O–H groups in total. The summed E-state index contributed by atoms with van der Waals surface area (Å²) in [5, 5.41) is 13.2. The Morgan fingerprint density at radius 2 is 2.00 bits per heavy atom. The second-order valence-corrected chi connectivity index (χ2v) is 5.83. The third-order valence-electron chi connectivity index (χ3n) is 4.10. The van der Waals surface area contributed by atoms with Gasteiger partial charge in [-0.3, -0.25) is 0 Å². The minimum absolute atomic E-state index is 0.245. The zero-order chi connectivity index (χ0) is 13.8. The van der Waals surface area contributed by atoms with E-state index in [1.807, 2.05) is 26.0 Å². The molecule has 1 aliphatic carbocycles. The summed E-state index contributed by atoms with van der Waals surface area (Å²) in [6.07, 6.45) is 2.02. The molecular weight excluding hydrogens is 238 g/mol. The molecule has 0 aliphatic heterocycles. The largest absolute Gasteiger partial charge is 0.496 e. The molecule has 0 saturated heterocycles. The molecule has 0 heterocycles. The summed E-state index contributed by atoms with van der Waals surface area (Å²) < 4.78 is 5.41. The minimum atomic E-state index is -0.245. The molecule has 106 valence electrons.